The van der Waals surface area contributed by atoms with Crippen molar-refractivity contribution in [3.63, 3.8) is 0 Å². The fourth-order valence-corrected chi connectivity index (χ4v) is 2.72. The molecule has 3 rings (SSSR count). The highest BCUT2D eigenvalue weighted by Gasteiger charge is 2.36. The van der Waals surface area contributed by atoms with Crippen molar-refractivity contribution in [2.24, 2.45) is 0 Å². The highest BCUT2D eigenvalue weighted by molar-refractivity contribution is 5.99. The Balaban J connectivity index is 2.26. The van der Waals surface area contributed by atoms with Gasteiger partial charge in [0, 0.05) is 12.1 Å². The Morgan fingerprint density at radius 1 is 1.18 bits per heavy atom. The van der Waals surface area contributed by atoms with Gasteiger partial charge in [-0.05, 0) is 31.2 Å². The molecule has 2 aromatic heterocycles. The monoisotopic (exact) mass is 394 g/mol. The Labute approximate surface area is 158 Å². The first kappa shape index (κ1) is 19.5. The maximum Gasteiger partial charge on any atom is 0.433 e. The number of rotatable bonds is 5. The molecule has 7 nitrogen and oxygen atoms in total. The minimum atomic E-state index is -4.70. The summed E-state index contributed by atoms with van der Waals surface area (Å²) in [5.74, 6) is 0.214. The molecule has 148 valence electrons. The Morgan fingerprint density at radius 3 is 2.50 bits per heavy atom. The molecule has 0 bridgehead atoms. The standard InChI is InChI=1S/C18H17F3N4O3/c1-4-22-17(26)11-9-23-25-15(18(19,20)21)8-12(24-16(11)25)10-5-6-13(27-2)14(7-10)28-3/h5-9H,4H2,1-3H3,(H,22,26). The van der Waals surface area contributed by atoms with Crippen LogP contribution in [0.2, 0.25) is 0 Å². The number of alkyl halides is 3. The Kier molecular flexibility index (Phi) is 5.12. The molecule has 0 aliphatic rings. The maximum atomic E-state index is 13.6. The molecular formula is C18H17F3N4O3. The number of carbonyl (C=O) groups is 1. The first-order valence-electron chi connectivity index (χ1n) is 8.26. The molecule has 0 spiro atoms. The van der Waals surface area contributed by atoms with Crippen LogP contribution in [-0.4, -0.2) is 41.3 Å². The van der Waals surface area contributed by atoms with Crippen LogP contribution in [0.5, 0.6) is 11.5 Å². The van der Waals surface area contributed by atoms with Gasteiger partial charge in [0.05, 0.1) is 26.1 Å². The summed E-state index contributed by atoms with van der Waals surface area (Å²) < 4.78 is 51.8. The van der Waals surface area contributed by atoms with Crippen molar-refractivity contribution in [3.8, 4) is 22.8 Å². The highest BCUT2D eigenvalue weighted by Crippen LogP contribution is 2.35. The van der Waals surface area contributed by atoms with E-state index in [0.717, 1.165) is 12.3 Å². The number of amides is 1. The summed E-state index contributed by atoms with van der Waals surface area (Å²) in [4.78, 5) is 16.4. The lowest BCUT2D eigenvalue weighted by Crippen LogP contribution is -2.23. The average molecular weight is 394 g/mol. The largest absolute Gasteiger partial charge is 0.493 e. The molecule has 0 aliphatic heterocycles. The van der Waals surface area contributed by atoms with Crippen LogP contribution in [0.4, 0.5) is 13.2 Å². The lowest BCUT2D eigenvalue weighted by Gasteiger charge is -2.13. The molecular weight excluding hydrogens is 377 g/mol. The number of fused-ring (bicyclic) bond motifs is 1. The summed E-state index contributed by atoms with van der Waals surface area (Å²) in [5.41, 5.74) is -0.890. The number of benzene rings is 1. The third-order valence-electron chi connectivity index (χ3n) is 4.02. The van der Waals surface area contributed by atoms with E-state index in [9.17, 15) is 18.0 Å². The van der Waals surface area contributed by atoms with Crippen LogP contribution in [-0.2, 0) is 6.18 Å². The zero-order chi connectivity index (χ0) is 20.5. The van der Waals surface area contributed by atoms with Gasteiger partial charge in [-0.3, -0.25) is 4.79 Å². The zero-order valence-electron chi connectivity index (χ0n) is 15.3. The number of ether oxygens (including phenoxy) is 2. The minimum absolute atomic E-state index is 0.0202. The first-order chi connectivity index (χ1) is 13.3. The summed E-state index contributed by atoms with van der Waals surface area (Å²) >= 11 is 0. The van der Waals surface area contributed by atoms with Crippen LogP contribution in [0.3, 0.4) is 0 Å². The van der Waals surface area contributed by atoms with Gasteiger partial charge in [0.1, 0.15) is 5.56 Å². The van der Waals surface area contributed by atoms with Gasteiger partial charge in [0.2, 0.25) is 0 Å². The van der Waals surface area contributed by atoms with E-state index in [4.69, 9.17) is 9.47 Å². The van der Waals surface area contributed by atoms with Gasteiger partial charge in [0.25, 0.3) is 5.91 Å². The van der Waals surface area contributed by atoms with Gasteiger partial charge in [-0.1, -0.05) is 0 Å². The lowest BCUT2D eigenvalue weighted by molar-refractivity contribution is -0.142. The van der Waals surface area contributed by atoms with Gasteiger partial charge in [-0.15, -0.1) is 0 Å². The van der Waals surface area contributed by atoms with Crippen molar-refractivity contribution in [1.82, 2.24) is 19.9 Å². The molecule has 0 saturated heterocycles. The second-order valence-corrected chi connectivity index (χ2v) is 5.75. The third kappa shape index (κ3) is 3.45. The quantitative estimate of drug-likeness (QED) is 0.719. The molecule has 2 heterocycles. The molecule has 0 unspecified atom stereocenters. The summed E-state index contributed by atoms with van der Waals surface area (Å²) in [7, 11) is 2.87. The minimum Gasteiger partial charge on any atom is -0.493 e. The number of halogens is 3. The fraction of sp³-hybridized carbons (Fsp3) is 0.278. The van der Waals surface area contributed by atoms with E-state index in [2.05, 4.69) is 15.4 Å². The molecule has 1 aromatic carbocycles. The Hall–Kier alpha value is -3.30. The van der Waals surface area contributed by atoms with Gasteiger partial charge in [0.15, 0.2) is 22.8 Å². The van der Waals surface area contributed by atoms with Crippen molar-refractivity contribution in [1.29, 1.82) is 0 Å². The third-order valence-corrected chi connectivity index (χ3v) is 4.02. The number of nitrogens with zero attached hydrogens (tertiary/aromatic N) is 3. The van der Waals surface area contributed by atoms with Crippen LogP contribution in [0.15, 0.2) is 30.5 Å². The molecule has 0 radical (unpaired) electrons. The smallest absolute Gasteiger partial charge is 0.433 e. The van der Waals surface area contributed by atoms with Crippen LogP contribution in [0.25, 0.3) is 16.9 Å². The van der Waals surface area contributed by atoms with E-state index in [1.807, 2.05) is 0 Å². The molecule has 10 heteroatoms. The summed E-state index contributed by atoms with van der Waals surface area (Å²) in [6.45, 7) is 2.02. The molecule has 28 heavy (non-hydrogen) atoms. The SMILES string of the molecule is CCNC(=O)c1cnn2c(C(F)(F)F)cc(-c3ccc(OC)c(OC)c3)nc12. The predicted octanol–water partition coefficient (Wildman–Crippen LogP) is 3.18. The number of methoxy groups -OCH3 is 2. The van der Waals surface area contributed by atoms with Gasteiger partial charge < -0.3 is 14.8 Å². The van der Waals surface area contributed by atoms with Crippen molar-refractivity contribution < 1.29 is 27.4 Å². The normalized spacial score (nSPS) is 11.5. The van der Waals surface area contributed by atoms with E-state index >= 15 is 0 Å². The Bertz CT molecular complexity index is 1030. The van der Waals surface area contributed by atoms with Gasteiger partial charge >= 0.3 is 6.18 Å². The first-order valence-corrected chi connectivity index (χ1v) is 8.26. The van der Waals surface area contributed by atoms with Gasteiger partial charge in [-0.2, -0.15) is 18.3 Å². The Morgan fingerprint density at radius 2 is 1.89 bits per heavy atom. The zero-order valence-corrected chi connectivity index (χ0v) is 15.3. The van der Waals surface area contributed by atoms with E-state index < -0.39 is 17.8 Å². The summed E-state index contributed by atoms with van der Waals surface area (Å²) in [6, 6.07) is 5.51. The predicted molar refractivity (Wildman–Crippen MR) is 94.5 cm³/mol. The molecule has 0 fully saturated rings. The number of hydrogen-bond donors (Lipinski definition) is 1. The summed E-state index contributed by atoms with van der Waals surface area (Å²) in [6.07, 6.45) is -3.63. The molecule has 0 atom stereocenters. The fourth-order valence-electron chi connectivity index (χ4n) is 2.72. The van der Waals surface area contributed by atoms with Crippen LogP contribution >= 0.6 is 0 Å². The van der Waals surface area contributed by atoms with E-state index in [-0.39, 0.29) is 16.9 Å². The number of carbonyl (C=O) groups excluding carboxylic acids is 1. The van der Waals surface area contributed by atoms with E-state index in [1.54, 1.807) is 19.1 Å². The van der Waals surface area contributed by atoms with Crippen molar-refractivity contribution in [2.45, 2.75) is 13.1 Å². The molecule has 3 aromatic rings. The van der Waals surface area contributed by atoms with Crippen molar-refractivity contribution in [3.05, 3.63) is 41.7 Å². The molecule has 1 amide bonds. The average Bonchev–Trinajstić information content (AvgIpc) is 3.10. The lowest BCUT2D eigenvalue weighted by atomic mass is 10.1. The number of hydrogen-bond acceptors (Lipinski definition) is 5. The second kappa shape index (κ2) is 7.37. The van der Waals surface area contributed by atoms with E-state index in [1.165, 1.54) is 20.3 Å². The van der Waals surface area contributed by atoms with Crippen LogP contribution < -0.4 is 14.8 Å². The highest BCUT2D eigenvalue weighted by atomic mass is 19.4. The van der Waals surface area contributed by atoms with Crippen LogP contribution in [0.1, 0.15) is 23.0 Å². The topological polar surface area (TPSA) is 77.8 Å². The van der Waals surface area contributed by atoms with Crippen LogP contribution in [0, 0.1) is 0 Å². The van der Waals surface area contributed by atoms with E-state index in [0.29, 0.717) is 28.1 Å². The summed E-state index contributed by atoms with van der Waals surface area (Å²) in [5, 5.41) is 6.25. The van der Waals surface area contributed by atoms with Crippen molar-refractivity contribution in [2.75, 3.05) is 20.8 Å². The molecule has 0 saturated carbocycles. The second-order valence-electron chi connectivity index (χ2n) is 5.75. The number of nitrogens with one attached hydrogen (secondary N) is 1. The molecule has 1 N–H and O–H groups in total. The molecule has 0 aliphatic carbocycles. The number of aromatic nitrogens is 3. The maximum absolute atomic E-state index is 13.6. The van der Waals surface area contributed by atoms with Gasteiger partial charge in [-0.25, -0.2) is 9.50 Å². The van der Waals surface area contributed by atoms with Crippen molar-refractivity contribution >= 4 is 11.6 Å².